The van der Waals surface area contributed by atoms with Crippen molar-refractivity contribution in [2.24, 2.45) is 5.16 Å². The van der Waals surface area contributed by atoms with E-state index >= 15 is 0 Å². The molecule has 0 radical (unpaired) electrons. The molecule has 11 heavy (non-hydrogen) atoms. The number of oxime groups is 1. The first kappa shape index (κ1) is 7.10. The Morgan fingerprint density at radius 3 is 3.18 bits per heavy atom. The standard InChI is InChI=1S/C8H14N2O/c1-2-8(3-6-9-5-1)4-7-10-11-8/h7,9H,1-6H2. The van der Waals surface area contributed by atoms with Crippen LogP contribution in [0.3, 0.4) is 0 Å². The van der Waals surface area contributed by atoms with Crippen LogP contribution in [0.2, 0.25) is 0 Å². The molecular weight excluding hydrogens is 140 g/mol. The fourth-order valence-electron chi connectivity index (χ4n) is 1.79. The zero-order chi connectivity index (χ0) is 7.57. The molecular formula is C8H14N2O. The van der Waals surface area contributed by atoms with Gasteiger partial charge in [-0.05, 0) is 25.9 Å². The second-order valence-corrected chi connectivity index (χ2v) is 3.37. The number of rotatable bonds is 0. The Morgan fingerprint density at radius 2 is 2.36 bits per heavy atom. The highest BCUT2D eigenvalue weighted by Crippen LogP contribution is 2.30. The van der Waals surface area contributed by atoms with Gasteiger partial charge in [-0.15, -0.1) is 0 Å². The van der Waals surface area contributed by atoms with Gasteiger partial charge in [0.25, 0.3) is 0 Å². The quantitative estimate of drug-likeness (QED) is 0.562. The largest absolute Gasteiger partial charge is 0.389 e. The molecule has 1 saturated heterocycles. The first-order chi connectivity index (χ1) is 5.41. The SMILES string of the molecule is C1=NOC2(C1)CCCNCC2. The summed E-state index contributed by atoms with van der Waals surface area (Å²) >= 11 is 0. The van der Waals surface area contributed by atoms with E-state index in [0.29, 0.717) is 0 Å². The summed E-state index contributed by atoms with van der Waals surface area (Å²) in [5.74, 6) is 0. The van der Waals surface area contributed by atoms with Gasteiger partial charge < -0.3 is 10.2 Å². The third-order valence-electron chi connectivity index (χ3n) is 2.53. The monoisotopic (exact) mass is 154 g/mol. The highest BCUT2D eigenvalue weighted by Gasteiger charge is 2.35. The zero-order valence-corrected chi connectivity index (χ0v) is 6.68. The van der Waals surface area contributed by atoms with Crippen molar-refractivity contribution in [3.8, 4) is 0 Å². The summed E-state index contributed by atoms with van der Waals surface area (Å²) in [4.78, 5) is 5.39. The molecule has 0 saturated carbocycles. The topological polar surface area (TPSA) is 33.6 Å². The molecule has 0 aromatic heterocycles. The maximum absolute atomic E-state index is 5.39. The molecule has 0 amide bonds. The highest BCUT2D eigenvalue weighted by molar-refractivity contribution is 5.59. The molecule has 0 bridgehead atoms. The molecule has 2 rings (SSSR count). The molecule has 0 aliphatic carbocycles. The fourth-order valence-corrected chi connectivity index (χ4v) is 1.79. The number of nitrogens with zero attached hydrogens (tertiary/aromatic N) is 1. The average Bonchev–Trinajstić information content (AvgIpc) is 2.32. The molecule has 2 aliphatic heterocycles. The predicted molar refractivity (Wildman–Crippen MR) is 43.6 cm³/mol. The van der Waals surface area contributed by atoms with E-state index in [1.807, 2.05) is 6.21 Å². The van der Waals surface area contributed by atoms with Gasteiger partial charge in [-0.3, -0.25) is 0 Å². The Balaban J connectivity index is 1.99. The van der Waals surface area contributed by atoms with Crippen molar-refractivity contribution in [3.05, 3.63) is 0 Å². The van der Waals surface area contributed by atoms with Gasteiger partial charge >= 0.3 is 0 Å². The van der Waals surface area contributed by atoms with E-state index in [1.54, 1.807) is 0 Å². The maximum atomic E-state index is 5.39. The van der Waals surface area contributed by atoms with Gasteiger partial charge in [0.2, 0.25) is 0 Å². The molecule has 1 spiro atoms. The molecule has 3 heteroatoms. The van der Waals surface area contributed by atoms with Crippen molar-refractivity contribution < 1.29 is 4.84 Å². The third kappa shape index (κ3) is 1.38. The van der Waals surface area contributed by atoms with Gasteiger partial charge in [-0.25, -0.2) is 0 Å². The summed E-state index contributed by atoms with van der Waals surface area (Å²) in [5, 5.41) is 7.21. The van der Waals surface area contributed by atoms with E-state index in [-0.39, 0.29) is 5.60 Å². The van der Waals surface area contributed by atoms with Gasteiger partial charge in [0.1, 0.15) is 5.60 Å². The fraction of sp³-hybridized carbons (Fsp3) is 0.875. The van der Waals surface area contributed by atoms with Crippen LogP contribution in [-0.4, -0.2) is 24.9 Å². The lowest BCUT2D eigenvalue weighted by Gasteiger charge is -2.23. The molecule has 62 valence electrons. The van der Waals surface area contributed by atoms with Gasteiger partial charge in [-0.2, -0.15) is 0 Å². The molecule has 1 fully saturated rings. The summed E-state index contributed by atoms with van der Waals surface area (Å²) in [6.45, 7) is 2.20. The lowest BCUT2D eigenvalue weighted by Crippen LogP contribution is -2.29. The second-order valence-electron chi connectivity index (χ2n) is 3.37. The van der Waals surface area contributed by atoms with Crippen molar-refractivity contribution in [1.82, 2.24) is 5.32 Å². The Hall–Kier alpha value is -0.570. The summed E-state index contributed by atoms with van der Waals surface area (Å²) < 4.78 is 0. The van der Waals surface area contributed by atoms with E-state index in [1.165, 1.54) is 6.42 Å². The van der Waals surface area contributed by atoms with Crippen LogP contribution < -0.4 is 5.32 Å². The molecule has 0 aromatic rings. The number of hydrogen-bond acceptors (Lipinski definition) is 3. The summed E-state index contributed by atoms with van der Waals surface area (Å²) in [6.07, 6.45) is 6.37. The predicted octanol–water partition coefficient (Wildman–Crippen LogP) is 0.905. The molecule has 1 N–H and O–H groups in total. The summed E-state index contributed by atoms with van der Waals surface area (Å²) in [5.41, 5.74) is 0.0729. The van der Waals surface area contributed by atoms with E-state index in [2.05, 4.69) is 10.5 Å². The smallest absolute Gasteiger partial charge is 0.144 e. The molecule has 2 aliphatic rings. The minimum atomic E-state index is 0.0729. The molecule has 2 heterocycles. The van der Waals surface area contributed by atoms with Crippen molar-refractivity contribution in [1.29, 1.82) is 0 Å². The summed E-state index contributed by atoms with van der Waals surface area (Å²) in [6, 6.07) is 0. The van der Waals surface area contributed by atoms with Crippen LogP contribution in [0.1, 0.15) is 25.7 Å². The first-order valence-corrected chi connectivity index (χ1v) is 4.32. The van der Waals surface area contributed by atoms with Crippen LogP contribution in [0, 0.1) is 0 Å². The minimum Gasteiger partial charge on any atom is -0.389 e. The van der Waals surface area contributed by atoms with Gasteiger partial charge in [0.15, 0.2) is 0 Å². The van der Waals surface area contributed by atoms with Crippen LogP contribution >= 0.6 is 0 Å². The van der Waals surface area contributed by atoms with Crippen molar-refractivity contribution >= 4 is 6.21 Å². The Kier molecular flexibility index (Phi) is 1.82. The molecule has 0 aromatic carbocycles. The number of nitrogens with one attached hydrogen (secondary N) is 1. The maximum Gasteiger partial charge on any atom is 0.144 e. The summed E-state index contributed by atoms with van der Waals surface area (Å²) in [7, 11) is 0. The van der Waals surface area contributed by atoms with Gasteiger partial charge in [0.05, 0.1) is 0 Å². The van der Waals surface area contributed by atoms with Crippen molar-refractivity contribution in [2.75, 3.05) is 13.1 Å². The molecule has 1 unspecified atom stereocenters. The van der Waals surface area contributed by atoms with Crippen molar-refractivity contribution in [3.63, 3.8) is 0 Å². The lowest BCUT2D eigenvalue weighted by molar-refractivity contribution is -0.0274. The molecule has 1 atom stereocenters. The highest BCUT2D eigenvalue weighted by atomic mass is 16.7. The normalized spacial score (nSPS) is 37.1. The van der Waals surface area contributed by atoms with Gasteiger partial charge in [0, 0.05) is 19.1 Å². The van der Waals surface area contributed by atoms with E-state index in [0.717, 1.165) is 32.4 Å². The minimum absolute atomic E-state index is 0.0729. The Labute approximate surface area is 66.8 Å². The number of hydrogen-bond donors (Lipinski definition) is 1. The van der Waals surface area contributed by atoms with Crippen molar-refractivity contribution in [2.45, 2.75) is 31.3 Å². The first-order valence-electron chi connectivity index (χ1n) is 4.32. The zero-order valence-electron chi connectivity index (χ0n) is 6.68. The average molecular weight is 154 g/mol. The second kappa shape index (κ2) is 2.81. The Morgan fingerprint density at radius 1 is 1.36 bits per heavy atom. The van der Waals surface area contributed by atoms with Crippen LogP contribution in [0.5, 0.6) is 0 Å². The van der Waals surface area contributed by atoms with Crippen LogP contribution in [0.15, 0.2) is 5.16 Å². The lowest BCUT2D eigenvalue weighted by atomic mass is 9.92. The van der Waals surface area contributed by atoms with Crippen LogP contribution in [0.4, 0.5) is 0 Å². The molecule has 3 nitrogen and oxygen atoms in total. The van der Waals surface area contributed by atoms with Crippen LogP contribution in [0.25, 0.3) is 0 Å². The third-order valence-corrected chi connectivity index (χ3v) is 2.53. The van der Waals surface area contributed by atoms with E-state index in [9.17, 15) is 0 Å². The Bertz CT molecular complexity index is 149. The van der Waals surface area contributed by atoms with Crippen LogP contribution in [-0.2, 0) is 4.84 Å². The van der Waals surface area contributed by atoms with Gasteiger partial charge in [-0.1, -0.05) is 5.16 Å². The van der Waals surface area contributed by atoms with E-state index < -0.39 is 0 Å². The van der Waals surface area contributed by atoms with E-state index in [4.69, 9.17) is 4.84 Å².